The van der Waals surface area contributed by atoms with E-state index in [4.69, 9.17) is 47.4 Å². The van der Waals surface area contributed by atoms with E-state index in [0.29, 0.717) is 57.6 Å². The lowest BCUT2D eigenvalue weighted by molar-refractivity contribution is -0.391. The molecular weight excluding hydrogens is 713 g/mol. The highest BCUT2D eigenvalue weighted by atomic mass is 32.2. The molecule has 54 heavy (non-hydrogen) atoms. The summed E-state index contributed by atoms with van der Waals surface area (Å²) in [6.45, 7) is 9.14. The third-order valence-corrected chi connectivity index (χ3v) is 11.4. The zero-order valence-corrected chi connectivity index (χ0v) is 32.0. The summed E-state index contributed by atoms with van der Waals surface area (Å²) in [6.07, 6.45) is -3.72. The average molecular weight is 765 g/mol. The van der Waals surface area contributed by atoms with E-state index in [0.717, 1.165) is 11.1 Å². The molecule has 4 heterocycles. The van der Waals surface area contributed by atoms with Gasteiger partial charge in [0.1, 0.15) is 18.3 Å². The van der Waals surface area contributed by atoms with Crippen LogP contribution in [0, 0.1) is 17.8 Å². The van der Waals surface area contributed by atoms with Gasteiger partial charge in [0.15, 0.2) is 25.2 Å². The lowest BCUT2D eigenvalue weighted by Crippen LogP contribution is -2.62. The van der Waals surface area contributed by atoms with Gasteiger partial charge < -0.3 is 47.4 Å². The predicted molar refractivity (Wildman–Crippen MR) is 201 cm³/mol. The zero-order chi connectivity index (χ0) is 37.3. The Balaban J connectivity index is 0.913. The summed E-state index contributed by atoms with van der Waals surface area (Å²) < 4.78 is 63.2. The molecule has 6 unspecified atom stereocenters. The molecule has 0 radical (unpaired) electrons. The number of carbonyl (C=O) groups is 1. The van der Waals surface area contributed by atoms with Gasteiger partial charge in [0, 0.05) is 34.3 Å². The number of carbonyl (C=O) groups excluding carboxylic acids is 1. The van der Waals surface area contributed by atoms with Crippen molar-refractivity contribution in [3.8, 4) is 0 Å². The summed E-state index contributed by atoms with van der Waals surface area (Å²) >= 11 is 1.25. The van der Waals surface area contributed by atoms with Gasteiger partial charge in [-0.2, -0.15) is 0 Å². The SMILES string of the molecule is CC1[C@H](O[C@@H]2C(C)[C@H](OCCOCCOCCSC(=O)c3ccccc3)OC3COC(c4ccccc4)O[C@@H]32)OC2COC(c3ccccc3)O[C@@H]2[C@@H]1C. The summed E-state index contributed by atoms with van der Waals surface area (Å²) in [7, 11) is 0. The van der Waals surface area contributed by atoms with Crippen LogP contribution in [0.15, 0.2) is 91.0 Å². The Bertz CT molecular complexity index is 1570. The van der Waals surface area contributed by atoms with Gasteiger partial charge in [-0.3, -0.25) is 4.79 Å². The minimum atomic E-state index is -0.576. The maximum atomic E-state index is 12.2. The van der Waals surface area contributed by atoms with Gasteiger partial charge in [-0.1, -0.05) is 124 Å². The molecule has 0 aromatic heterocycles. The second-order valence-electron chi connectivity index (χ2n) is 14.2. The fourth-order valence-electron chi connectivity index (χ4n) is 7.34. The van der Waals surface area contributed by atoms with Crippen LogP contribution in [0.25, 0.3) is 0 Å². The summed E-state index contributed by atoms with van der Waals surface area (Å²) in [6, 6.07) is 29.2. The molecule has 0 N–H and O–H groups in total. The number of hydrogen-bond acceptors (Lipinski definition) is 12. The summed E-state index contributed by atoms with van der Waals surface area (Å²) in [5.74, 6) is 0.549. The van der Waals surface area contributed by atoms with E-state index >= 15 is 0 Å². The molecule has 12 atom stereocenters. The van der Waals surface area contributed by atoms with E-state index in [2.05, 4.69) is 20.8 Å². The highest BCUT2D eigenvalue weighted by Crippen LogP contribution is 2.43. The number of rotatable bonds is 15. The van der Waals surface area contributed by atoms with E-state index in [9.17, 15) is 4.79 Å². The van der Waals surface area contributed by atoms with Crippen molar-refractivity contribution in [3.05, 3.63) is 108 Å². The first kappa shape index (κ1) is 39.5. The van der Waals surface area contributed by atoms with Crippen LogP contribution in [0.4, 0.5) is 0 Å². The predicted octanol–water partition coefficient (Wildman–Crippen LogP) is 6.58. The molecule has 0 bridgehead atoms. The third-order valence-electron chi connectivity index (χ3n) is 10.6. The largest absolute Gasteiger partial charge is 0.378 e. The lowest BCUT2D eigenvalue weighted by atomic mass is 9.83. The van der Waals surface area contributed by atoms with Crippen LogP contribution in [0.2, 0.25) is 0 Å². The standard InChI is InChI=1S/C42H52O11S/c1-27-28(2)40(50-33-25-47-41(51-35(27)33)31-15-9-5-10-16-31)52-36-29(3)39(49-34-26-48-42(53-37(34)36)32-17-11-6-12-18-32)46-22-21-44-19-20-45-23-24-54-38(43)30-13-7-4-8-14-30/h4-18,27-29,33-37,39-42H,19-26H2,1-3H3/t27-,28?,29?,33?,34?,35-,36-,37+,39-,40+,41?,42?/m1/s1. The molecule has 3 aromatic rings. The molecule has 7 rings (SSSR count). The van der Waals surface area contributed by atoms with Crippen LogP contribution < -0.4 is 0 Å². The van der Waals surface area contributed by atoms with Crippen molar-refractivity contribution < 1.29 is 52.2 Å². The first-order chi connectivity index (χ1) is 26.5. The molecule has 0 aliphatic carbocycles. The zero-order valence-electron chi connectivity index (χ0n) is 31.1. The minimum absolute atomic E-state index is 0.0250. The van der Waals surface area contributed by atoms with Crippen molar-refractivity contribution in [2.45, 2.75) is 76.5 Å². The van der Waals surface area contributed by atoms with Gasteiger partial charge in [-0.25, -0.2) is 0 Å². The van der Waals surface area contributed by atoms with Gasteiger partial charge >= 0.3 is 0 Å². The number of thioether (sulfide) groups is 1. The van der Waals surface area contributed by atoms with Crippen molar-refractivity contribution in [2.75, 3.05) is 52.0 Å². The molecule has 4 aliphatic heterocycles. The molecule has 0 saturated carbocycles. The molecule has 3 aromatic carbocycles. The van der Waals surface area contributed by atoms with Gasteiger partial charge in [-0.15, -0.1) is 0 Å². The van der Waals surface area contributed by atoms with Crippen molar-refractivity contribution in [3.63, 3.8) is 0 Å². The van der Waals surface area contributed by atoms with Crippen molar-refractivity contribution in [1.82, 2.24) is 0 Å². The number of fused-ring (bicyclic) bond motifs is 2. The number of benzene rings is 3. The second kappa shape index (κ2) is 19.4. The molecule has 292 valence electrons. The Kier molecular flexibility index (Phi) is 14.2. The molecule has 0 amide bonds. The summed E-state index contributed by atoms with van der Waals surface area (Å²) in [5, 5.41) is 0.0442. The van der Waals surface area contributed by atoms with Crippen molar-refractivity contribution >= 4 is 16.9 Å². The van der Waals surface area contributed by atoms with Crippen LogP contribution in [-0.2, 0) is 47.4 Å². The maximum Gasteiger partial charge on any atom is 0.219 e. The molecule has 4 aliphatic rings. The van der Waals surface area contributed by atoms with Gasteiger partial charge in [0.25, 0.3) is 0 Å². The maximum absolute atomic E-state index is 12.2. The van der Waals surface area contributed by atoms with Gasteiger partial charge in [0.2, 0.25) is 5.12 Å². The van der Waals surface area contributed by atoms with Crippen LogP contribution in [0.5, 0.6) is 0 Å². The van der Waals surface area contributed by atoms with Crippen molar-refractivity contribution in [2.24, 2.45) is 17.8 Å². The highest BCUT2D eigenvalue weighted by molar-refractivity contribution is 8.14. The van der Waals surface area contributed by atoms with E-state index < -0.39 is 43.5 Å². The number of hydrogen-bond donors (Lipinski definition) is 0. The van der Waals surface area contributed by atoms with E-state index in [1.165, 1.54) is 11.8 Å². The van der Waals surface area contributed by atoms with Crippen LogP contribution in [0.3, 0.4) is 0 Å². The Morgan fingerprint density at radius 3 is 1.80 bits per heavy atom. The minimum Gasteiger partial charge on any atom is -0.378 e. The van der Waals surface area contributed by atoms with Crippen LogP contribution in [-0.4, -0.2) is 100 Å². The summed E-state index contributed by atoms with van der Waals surface area (Å²) in [4.78, 5) is 12.2. The fraction of sp³-hybridized carbons (Fsp3) is 0.548. The van der Waals surface area contributed by atoms with Gasteiger partial charge in [0.05, 0.1) is 58.5 Å². The second-order valence-corrected chi connectivity index (χ2v) is 15.3. The lowest BCUT2D eigenvalue weighted by Gasteiger charge is -2.52. The first-order valence-corrected chi connectivity index (χ1v) is 20.0. The Morgan fingerprint density at radius 2 is 1.15 bits per heavy atom. The van der Waals surface area contributed by atoms with Gasteiger partial charge in [-0.05, 0) is 5.92 Å². The molecule has 11 nitrogen and oxygen atoms in total. The van der Waals surface area contributed by atoms with E-state index in [1.54, 1.807) is 0 Å². The van der Waals surface area contributed by atoms with Crippen LogP contribution in [0.1, 0.15) is 54.8 Å². The quantitative estimate of drug-likeness (QED) is 0.156. The normalized spacial score (nSPS) is 33.8. The molecule has 4 saturated heterocycles. The Morgan fingerprint density at radius 1 is 0.611 bits per heavy atom. The Hall–Kier alpha value is -2.72. The first-order valence-electron chi connectivity index (χ1n) is 19.1. The number of ether oxygens (including phenoxy) is 10. The molecule has 12 heteroatoms. The average Bonchev–Trinajstić information content (AvgIpc) is 3.22. The van der Waals surface area contributed by atoms with Crippen molar-refractivity contribution in [1.29, 1.82) is 0 Å². The summed E-state index contributed by atoms with van der Waals surface area (Å²) in [5.41, 5.74) is 2.63. The monoisotopic (exact) mass is 764 g/mol. The fourth-order valence-corrected chi connectivity index (χ4v) is 8.03. The smallest absolute Gasteiger partial charge is 0.219 e. The van der Waals surface area contributed by atoms with E-state index in [1.807, 2.05) is 91.0 Å². The van der Waals surface area contributed by atoms with Crippen LogP contribution >= 0.6 is 11.8 Å². The molecule has 0 spiro atoms. The van der Waals surface area contributed by atoms with E-state index in [-0.39, 0.29) is 35.1 Å². The highest BCUT2D eigenvalue weighted by Gasteiger charge is 2.53. The topological polar surface area (TPSA) is 109 Å². The third kappa shape index (κ3) is 9.80. The molecular formula is C42H52O11S. The molecule has 4 fully saturated rings. The Labute approximate surface area is 322 Å².